The molecule has 2 heterocycles. The molecule has 1 fully saturated rings. The summed E-state index contributed by atoms with van der Waals surface area (Å²) in [6.45, 7) is 2.81. The van der Waals surface area contributed by atoms with E-state index >= 15 is 0 Å². The molecule has 0 spiro atoms. The summed E-state index contributed by atoms with van der Waals surface area (Å²) in [5.41, 5.74) is -0.573. The van der Waals surface area contributed by atoms with E-state index in [1.54, 1.807) is 14.0 Å². The molecule has 0 amide bonds. The Morgan fingerprint density at radius 1 is 1.40 bits per heavy atom. The smallest absolute Gasteiger partial charge is 0.272 e. The molecule has 0 aromatic carbocycles. The van der Waals surface area contributed by atoms with Crippen LogP contribution in [0.5, 0.6) is 0 Å². The van der Waals surface area contributed by atoms with Crippen molar-refractivity contribution in [1.82, 2.24) is 14.1 Å². The molecule has 1 aliphatic heterocycles. The lowest BCUT2D eigenvalue weighted by Gasteiger charge is -2.47. The van der Waals surface area contributed by atoms with Crippen molar-refractivity contribution >= 4 is 10.0 Å². The molecule has 9 heteroatoms. The van der Waals surface area contributed by atoms with Crippen LogP contribution < -0.4 is 0 Å². The molecule has 1 aromatic heterocycles. The van der Waals surface area contributed by atoms with Gasteiger partial charge >= 0.3 is 6.18 Å². The summed E-state index contributed by atoms with van der Waals surface area (Å²) in [6, 6.07) is 0. The van der Waals surface area contributed by atoms with Gasteiger partial charge in [-0.3, -0.25) is 4.68 Å². The molecule has 2 rings (SSSR count). The Hall–Kier alpha value is -1.09. The second-order valence-corrected chi connectivity index (χ2v) is 7.50. The minimum absolute atomic E-state index is 0.0501. The van der Waals surface area contributed by atoms with Gasteiger partial charge in [0.1, 0.15) is 4.90 Å². The molecular weight excluding hydrogens is 295 g/mol. The quantitative estimate of drug-likeness (QED) is 0.853. The molecule has 114 valence electrons. The van der Waals surface area contributed by atoms with Crippen LogP contribution in [-0.2, 0) is 17.1 Å². The van der Waals surface area contributed by atoms with Gasteiger partial charge in [-0.25, -0.2) is 8.42 Å². The summed E-state index contributed by atoms with van der Waals surface area (Å²) >= 11 is 0. The maximum absolute atomic E-state index is 12.4. The number of aryl methyl sites for hydroxylation is 1. The molecular formula is C11H16F3N3O2S. The Labute approximate surface area is 115 Å². The summed E-state index contributed by atoms with van der Waals surface area (Å²) in [7, 11) is -2.15. The van der Waals surface area contributed by atoms with Crippen LogP contribution in [0, 0.1) is 12.3 Å². The Morgan fingerprint density at radius 3 is 2.35 bits per heavy atom. The molecule has 0 radical (unpaired) electrons. The van der Waals surface area contributed by atoms with E-state index in [1.165, 1.54) is 17.8 Å². The van der Waals surface area contributed by atoms with E-state index in [0.717, 1.165) is 4.31 Å². The molecule has 0 unspecified atom stereocenters. The van der Waals surface area contributed by atoms with Crippen molar-refractivity contribution in [2.45, 2.75) is 31.3 Å². The first-order chi connectivity index (χ1) is 8.95. The minimum atomic E-state index is -4.28. The van der Waals surface area contributed by atoms with Crippen molar-refractivity contribution in [1.29, 1.82) is 0 Å². The van der Waals surface area contributed by atoms with Crippen LogP contribution in [0.15, 0.2) is 11.1 Å². The van der Waals surface area contributed by atoms with Gasteiger partial charge in [-0.05, 0) is 6.92 Å². The molecule has 0 saturated carbocycles. The van der Waals surface area contributed by atoms with Crippen LogP contribution >= 0.6 is 0 Å². The number of hydrogen-bond donors (Lipinski definition) is 0. The average Bonchev–Trinajstić information content (AvgIpc) is 2.54. The van der Waals surface area contributed by atoms with Gasteiger partial charge in [0.15, 0.2) is 0 Å². The van der Waals surface area contributed by atoms with Gasteiger partial charge in [-0.2, -0.15) is 22.6 Å². The monoisotopic (exact) mass is 311 g/mol. The highest BCUT2D eigenvalue weighted by atomic mass is 32.2. The summed E-state index contributed by atoms with van der Waals surface area (Å²) in [5, 5.41) is 3.85. The first kappa shape index (κ1) is 15.3. The van der Waals surface area contributed by atoms with Crippen LogP contribution in [0.2, 0.25) is 0 Å². The summed E-state index contributed by atoms with van der Waals surface area (Å²) in [6.07, 6.45) is -4.03. The summed E-state index contributed by atoms with van der Waals surface area (Å²) in [4.78, 5) is 0.0501. The van der Waals surface area contributed by atoms with E-state index in [4.69, 9.17) is 0 Å². The first-order valence-electron chi connectivity index (χ1n) is 6.00. The van der Waals surface area contributed by atoms with Gasteiger partial charge in [-0.1, -0.05) is 6.92 Å². The standard InChI is InChI=1S/C11H16F3N3O2S/c1-8-9(4-15-16(8)3)20(18,19)17-6-10(2,7-17)5-11(12,13)14/h4H,5-7H2,1-3H3. The van der Waals surface area contributed by atoms with Crippen LogP contribution in [0.1, 0.15) is 19.0 Å². The van der Waals surface area contributed by atoms with Crippen LogP contribution in [0.3, 0.4) is 0 Å². The zero-order chi connectivity index (χ0) is 15.3. The minimum Gasteiger partial charge on any atom is -0.272 e. The molecule has 1 saturated heterocycles. The maximum atomic E-state index is 12.4. The highest BCUT2D eigenvalue weighted by Crippen LogP contribution is 2.42. The van der Waals surface area contributed by atoms with E-state index in [2.05, 4.69) is 5.10 Å². The van der Waals surface area contributed by atoms with Gasteiger partial charge < -0.3 is 0 Å². The van der Waals surface area contributed by atoms with E-state index < -0.39 is 28.0 Å². The van der Waals surface area contributed by atoms with E-state index in [9.17, 15) is 21.6 Å². The number of sulfonamides is 1. The summed E-state index contributed by atoms with van der Waals surface area (Å²) < 4.78 is 64.3. The third-order valence-electron chi connectivity index (χ3n) is 3.55. The van der Waals surface area contributed by atoms with Gasteiger partial charge in [0.2, 0.25) is 10.0 Å². The topological polar surface area (TPSA) is 55.2 Å². The van der Waals surface area contributed by atoms with Crippen LogP contribution in [-0.4, -0.2) is 41.8 Å². The van der Waals surface area contributed by atoms with Crippen molar-refractivity contribution in [3.63, 3.8) is 0 Å². The Morgan fingerprint density at radius 2 is 1.95 bits per heavy atom. The largest absolute Gasteiger partial charge is 0.389 e. The normalized spacial score (nSPS) is 19.9. The van der Waals surface area contributed by atoms with Crippen molar-refractivity contribution in [2.24, 2.45) is 12.5 Å². The lowest BCUT2D eigenvalue weighted by Crippen LogP contribution is -2.58. The first-order valence-corrected chi connectivity index (χ1v) is 7.44. The third-order valence-corrected chi connectivity index (χ3v) is 5.45. The highest BCUT2D eigenvalue weighted by molar-refractivity contribution is 7.89. The fourth-order valence-corrected chi connectivity index (χ4v) is 4.37. The average molecular weight is 311 g/mol. The van der Waals surface area contributed by atoms with Crippen molar-refractivity contribution in [2.75, 3.05) is 13.1 Å². The molecule has 1 aromatic rings. The van der Waals surface area contributed by atoms with Crippen LogP contribution in [0.4, 0.5) is 13.2 Å². The SMILES string of the molecule is Cc1c(S(=O)(=O)N2CC(C)(CC(F)(F)F)C2)cnn1C. The fourth-order valence-electron chi connectivity index (χ4n) is 2.44. The Bertz CT molecular complexity index is 615. The van der Waals surface area contributed by atoms with Crippen molar-refractivity contribution in [3.8, 4) is 0 Å². The summed E-state index contributed by atoms with van der Waals surface area (Å²) in [5.74, 6) is 0. The number of alkyl halides is 3. The van der Waals surface area contributed by atoms with E-state index in [-0.39, 0.29) is 18.0 Å². The molecule has 1 aliphatic rings. The van der Waals surface area contributed by atoms with Gasteiger partial charge in [0.25, 0.3) is 0 Å². The number of aromatic nitrogens is 2. The fraction of sp³-hybridized carbons (Fsp3) is 0.727. The molecule has 20 heavy (non-hydrogen) atoms. The molecule has 0 N–H and O–H groups in total. The zero-order valence-corrected chi connectivity index (χ0v) is 12.2. The van der Waals surface area contributed by atoms with Gasteiger partial charge in [0.05, 0.1) is 18.3 Å². The molecule has 0 aliphatic carbocycles. The Kier molecular flexibility index (Phi) is 3.41. The number of rotatable bonds is 3. The maximum Gasteiger partial charge on any atom is 0.389 e. The van der Waals surface area contributed by atoms with Crippen molar-refractivity contribution < 1.29 is 21.6 Å². The highest BCUT2D eigenvalue weighted by Gasteiger charge is 2.51. The molecule has 5 nitrogen and oxygen atoms in total. The second kappa shape index (κ2) is 4.45. The molecule has 0 atom stereocenters. The number of hydrogen-bond acceptors (Lipinski definition) is 3. The van der Waals surface area contributed by atoms with E-state index in [1.807, 2.05) is 0 Å². The van der Waals surface area contributed by atoms with Crippen LogP contribution in [0.25, 0.3) is 0 Å². The zero-order valence-electron chi connectivity index (χ0n) is 11.4. The Balaban J connectivity index is 2.14. The van der Waals surface area contributed by atoms with E-state index in [0.29, 0.717) is 5.69 Å². The predicted octanol–water partition coefficient (Wildman–Crippen LogP) is 1.69. The van der Waals surface area contributed by atoms with Crippen molar-refractivity contribution in [3.05, 3.63) is 11.9 Å². The molecule has 0 bridgehead atoms. The number of nitrogens with zero attached hydrogens (tertiary/aromatic N) is 3. The van der Waals surface area contributed by atoms with Gasteiger partial charge in [0, 0.05) is 25.6 Å². The third kappa shape index (κ3) is 2.69. The lowest BCUT2D eigenvalue weighted by molar-refractivity contribution is -0.169. The predicted molar refractivity (Wildman–Crippen MR) is 65.5 cm³/mol. The second-order valence-electron chi connectivity index (χ2n) is 5.59. The lowest BCUT2D eigenvalue weighted by atomic mass is 9.80. The van der Waals surface area contributed by atoms with Gasteiger partial charge in [-0.15, -0.1) is 0 Å². The number of halogens is 3.